The van der Waals surface area contributed by atoms with E-state index in [1.165, 1.54) is 0 Å². The van der Waals surface area contributed by atoms with Crippen molar-refractivity contribution in [2.75, 3.05) is 0 Å². The maximum atomic E-state index is 13.0. The minimum Gasteiger partial charge on any atom is -0.258 e. The second-order valence-corrected chi connectivity index (χ2v) is 4.47. The van der Waals surface area contributed by atoms with E-state index in [1.807, 2.05) is 0 Å². The molecular formula is C7H2BrF4NO2S. The molecule has 0 unspecified atom stereocenters. The van der Waals surface area contributed by atoms with E-state index in [0.717, 1.165) is 0 Å². The smallest absolute Gasteiger partial charge is 0.258 e. The summed E-state index contributed by atoms with van der Waals surface area (Å²) in [7, 11) is 0. The van der Waals surface area contributed by atoms with Gasteiger partial charge >= 0.3 is 5.51 Å². The first-order valence-electron chi connectivity index (χ1n) is 3.60. The fraction of sp³-hybridized carbons (Fsp3) is 0.143. The van der Waals surface area contributed by atoms with Gasteiger partial charge in [-0.25, -0.2) is 4.39 Å². The number of rotatable bonds is 2. The number of alkyl halides is 3. The van der Waals surface area contributed by atoms with E-state index >= 15 is 0 Å². The van der Waals surface area contributed by atoms with Crippen LogP contribution in [0.25, 0.3) is 0 Å². The van der Waals surface area contributed by atoms with E-state index in [9.17, 15) is 27.7 Å². The van der Waals surface area contributed by atoms with Crippen molar-refractivity contribution in [3.63, 3.8) is 0 Å². The monoisotopic (exact) mass is 319 g/mol. The van der Waals surface area contributed by atoms with E-state index in [0.29, 0.717) is 12.1 Å². The van der Waals surface area contributed by atoms with Crippen LogP contribution >= 0.6 is 27.7 Å². The fourth-order valence-electron chi connectivity index (χ4n) is 0.876. The molecule has 0 saturated carbocycles. The molecule has 0 aliphatic heterocycles. The highest BCUT2D eigenvalue weighted by Gasteiger charge is 2.31. The molecule has 0 spiro atoms. The van der Waals surface area contributed by atoms with Crippen LogP contribution in [-0.4, -0.2) is 10.4 Å². The average molecular weight is 320 g/mol. The SMILES string of the molecule is O=[N+]([O-])c1cc(SC(F)(F)F)cc(F)c1Br. The summed E-state index contributed by atoms with van der Waals surface area (Å²) in [6.45, 7) is 0. The van der Waals surface area contributed by atoms with Gasteiger partial charge in [0.05, 0.1) is 4.92 Å². The number of benzene rings is 1. The Morgan fingerprint density at radius 3 is 2.38 bits per heavy atom. The molecule has 0 saturated heterocycles. The minimum absolute atomic E-state index is 0.468. The summed E-state index contributed by atoms with van der Waals surface area (Å²) in [6.07, 6.45) is 0. The Balaban J connectivity index is 3.19. The lowest BCUT2D eigenvalue weighted by Crippen LogP contribution is -2.00. The highest BCUT2D eigenvalue weighted by atomic mass is 79.9. The molecule has 0 bridgehead atoms. The molecule has 1 rings (SSSR count). The van der Waals surface area contributed by atoms with Crippen molar-refractivity contribution in [2.45, 2.75) is 10.4 Å². The highest BCUT2D eigenvalue weighted by Crippen LogP contribution is 2.40. The Morgan fingerprint density at radius 2 is 1.94 bits per heavy atom. The summed E-state index contributed by atoms with van der Waals surface area (Å²) in [5.74, 6) is -1.11. The zero-order valence-electron chi connectivity index (χ0n) is 7.22. The second kappa shape index (κ2) is 4.58. The van der Waals surface area contributed by atoms with Gasteiger partial charge in [0.2, 0.25) is 0 Å². The summed E-state index contributed by atoms with van der Waals surface area (Å²) in [5, 5.41) is 10.4. The summed E-state index contributed by atoms with van der Waals surface area (Å²) >= 11 is 1.98. The summed E-state index contributed by atoms with van der Waals surface area (Å²) in [5.41, 5.74) is -5.36. The Kier molecular flexibility index (Phi) is 3.79. The molecule has 0 aliphatic carbocycles. The molecule has 16 heavy (non-hydrogen) atoms. The summed E-state index contributed by atoms with van der Waals surface area (Å²) in [4.78, 5) is 8.88. The average Bonchev–Trinajstić information content (AvgIpc) is 2.07. The quantitative estimate of drug-likeness (QED) is 0.356. The number of thioether (sulfide) groups is 1. The van der Waals surface area contributed by atoms with Crippen LogP contribution in [0.1, 0.15) is 0 Å². The molecule has 0 heterocycles. The van der Waals surface area contributed by atoms with Gasteiger partial charge in [0, 0.05) is 11.0 Å². The predicted molar refractivity (Wildman–Crippen MR) is 52.7 cm³/mol. The first kappa shape index (κ1) is 13.2. The van der Waals surface area contributed by atoms with Gasteiger partial charge < -0.3 is 0 Å². The molecule has 1 aromatic carbocycles. The van der Waals surface area contributed by atoms with Crippen molar-refractivity contribution >= 4 is 33.4 Å². The van der Waals surface area contributed by atoms with Crippen LogP contribution < -0.4 is 0 Å². The lowest BCUT2D eigenvalue weighted by molar-refractivity contribution is -0.386. The van der Waals surface area contributed by atoms with Gasteiger partial charge in [0.15, 0.2) is 0 Å². The molecule has 0 N–H and O–H groups in total. The predicted octanol–water partition coefficient (Wildman–Crippen LogP) is 4.11. The van der Waals surface area contributed by atoms with Crippen LogP contribution in [0.3, 0.4) is 0 Å². The van der Waals surface area contributed by atoms with Gasteiger partial charge in [0.1, 0.15) is 10.3 Å². The van der Waals surface area contributed by atoms with Crippen LogP contribution in [0.5, 0.6) is 0 Å². The molecule has 0 radical (unpaired) electrons. The Hall–Kier alpha value is -0.830. The first-order valence-corrected chi connectivity index (χ1v) is 5.21. The van der Waals surface area contributed by atoms with E-state index in [2.05, 4.69) is 15.9 Å². The normalized spacial score (nSPS) is 11.6. The Labute approximate surface area is 99.1 Å². The van der Waals surface area contributed by atoms with Crippen LogP contribution in [-0.2, 0) is 0 Å². The topological polar surface area (TPSA) is 43.1 Å². The summed E-state index contributed by atoms with van der Waals surface area (Å²) < 4.78 is 48.5. The van der Waals surface area contributed by atoms with Crippen molar-refractivity contribution in [3.8, 4) is 0 Å². The standard InChI is InChI=1S/C7H2BrF4NO2S/c8-6-4(9)1-3(16-7(10,11)12)2-5(6)13(14)15/h1-2H. The maximum Gasteiger partial charge on any atom is 0.446 e. The molecule has 0 fully saturated rings. The van der Waals surface area contributed by atoms with E-state index in [-0.39, 0.29) is 0 Å². The Morgan fingerprint density at radius 1 is 1.38 bits per heavy atom. The maximum absolute atomic E-state index is 13.0. The molecular weight excluding hydrogens is 318 g/mol. The fourth-order valence-corrected chi connectivity index (χ4v) is 1.85. The molecule has 0 atom stereocenters. The van der Waals surface area contributed by atoms with Crippen molar-refractivity contribution in [3.05, 3.63) is 32.5 Å². The van der Waals surface area contributed by atoms with Gasteiger partial charge in [-0.2, -0.15) is 13.2 Å². The zero-order chi connectivity index (χ0) is 12.5. The van der Waals surface area contributed by atoms with E-state index < -0.39 is 43.1 Å². The highest BCUT2D eigenvalue weighted by molar-refractivity contribution is 9.10. The van der Waals surface area contributed by atoms with Crippen molar-refractivity contribution < 1.29 is 22.5 Å². The molecule has 0 aliphatic rings. The van der Waals surface area contributed by atoms with Crippen molar-refractivity contribution in [2.24, 2.45) is 0 Å². The number of hydrogen-bond donors (Lipinski definition) is 0. The second-order valence-electron chi connectivity index (χ2n) is 2.54. The lowest BCUT2D eigenvalue weighted by Gasteiger charge is -2.06. The van der Waals surface area contributed by atoms with E-state index in [1.54, 1.807) is 0 Å². The van der Waals surface area contributed by atoms with Crippen LogP contribution in [0.2, 0.25) is 0 Å². The number of halogens is 5. The number of nitrogens with zero attached hydrogens (tertiary/aromatic N) is 1. The zero-order valence-corrected chi connectivity index (χ0v) is 9.62. The third-order valence-corrected chi connectivity index (χ3v) is 2.90. The minimum atomic E-state index is -4.62. The van der Waals surface area contributed by atoms with Crippen LogP contribution in [0.4, 0.5) is 23.2 Å². The largest absolute Gasteiger partial charge is 0.446 e. The molecule has 9 heteroatoms. The van der Waals surface area contributed by atoms with Gasteiger partial charge in [-0.15, -0.1) is 0 Å². The first-order chi connectivity index (χ1) is 7.20. The molecule has 0 aromatic heterocycles. The van der Waals surface area contributed by atoms with Gasteiger partial charge in [-0.05, 0) is 33.8 Å². The number of hydrogen-bond acceptors (Lipinski definition) is 3. The van der Waals surface area contributed by atoms with Crippen LogP contribution in [0.15, 0.2) is 21.5 Å². The van der Waals surface area contributed by atoms with Gasteiger partial charge in [-0.1, -0.05) is 0 Å². The van der Waals surface area contributed by atoms with Gasteiger partial charge in [0.25, 0.3) is 5.69 Å². The van der Waals surface area contributed by atoms with Crippen molar-refractivity contribution in [1.82, 2.24) is 0 Å². The molecule has 0 amide bonds. The van der Waals surface area contributed by atoms with E-state index in [4.69, 9.17) is 0 Å². The van der Waals surface area contributed by atoms with Crippen LogP contribution in [0, 0.1) is 15.9 Å². The molecule has 88 valence electrons. The molecule has 1 aromatic rings. The third-order valence-electron chi connectivity index (χ3n) is 1.41. The molecule has 3 nitrogen and oxygen atoms in total. The third kappa shape index (κ3) is 3.34. The number of nitro groups is 1. The van der Waals surface area contributed by atoms with Crippen molar-refractivity contribution in [1.29, 1.82) is 0 Å². The Bertz CT molecular complexity index is 437. The number of nitro benzene ring substituents is 1. The lowest BCUT2D eigenvalue weighted by atomic mass is 10.3. The van der Waals surface area contributed by atoms with Gasteiger partial charge in [-0.3, -0.25) is 10.1 Å². The summed E-state index contributed by atoms with van der Waals surface area (Å²) in [6, 6.07) is 1.24.